The maximum atomic E-state index is 11.8. The van der Waals surface area contributed by atoms with E-state index in [0.717, 1.165) is 60.1 Å². The van der Waals surface area contributed by atoms with Gasteiger partial charge in [-0.25, -0.2) is 4.79 Å². The zero-order chi connectivity index (χ0) is 32.7. The number of anilines is 1. The molecule has 0 bridgehead atoms. The topological polar surface area (TPSA) is 122 Å². The van der Waals surface area contributed by atoms with E-state index >= 15 is 0 Å². The zero-order valence-corrected chi connectivity index (χ0v) is 26.5. The third-order valence-electron chi connectivity index (χ3n) is 7.04. The first kappa shape index (κ1) is 32.6. The summed E-state index contributed by atoms with van der Waals surface area (Å²) < 4.78 is 10.2. The Morgan fingerprint density at radius 2 is 1.04 bits per heavy atom. The fraction of sp³-hybridized carbons (Fsp3) is 0.216. The van der Waals surface area contributed by atoms with Gasteiger partial charge in [-0.3, -0.25) is 0 Å². The smallest absolute Gasteiger partial charge is 0.434 e. The van der Waals surface area contributed by atoms with E-state index < -0.39 is 6.16 Å². The van der Waals surface area contributed by atoms with E-state index in [1.807, 2.05) is 91.9 Å². The van der Waals surface area contributed by atoms with Gasteiger partial charge in [0.1, 0.15) is 5.75 Å². The molecule has 1 N–H and O–H groups in total. The second-order valence-corrected chi connectivity index (χ2v) is 10.6. The van der Waals surface area contributed by atoms with Crippen LogP contribution in [0, 0.1) is 0 Å². The van der Waals surface area contributed by atoms with E-state index in [9.17, 15) is 4.79 Å². The SMILES string of the molecule is CCCCNc1ccc(N=Nc2ccc(/N=N/c3ccc(N=Nc4ccc(OC(=O)OCCCC)cc4)c4ccccc34)cc2)cc1. The first-order chi connectivity index (χ1) is 23.1. The molecule has 0 amide bonds. The summed E-state index contributed by atoms with van der Waals surface area (Å²) in [4.78, 5) is 11.8. The van der Waals surface area contributed by atoms with Crippen molar-refractivity contribution in [3.63, 3.8) is 0 Å². The second-order valence-electron chi connectivity index (χ2n) is 10.6. The van der Waals surface area contributed by atoms with Crippen LogP contribution in [0.4, 0.5) is 44.6 Å². The van der Waals surface area contributed by atoms with Crippen LogP contribution < -0.4 is 10.1 Å². The molecular formula is C37H37N7O3. The van der Waals surface area contributed by atoms with Crippen LogP contribution in [0.2, 0.25) is 0 Å². The van der Waals surface area contributed by atoms with Crippen molar-refractivity contribution in [3.8, 4) is 5.75 Å². The van der Waals surface area contributed by atoms with Gasteiger partial charge < -0.3 is 14.8 Å². The Kier molecular flexibility index (Phi) is 11.8. The van der Waals surface area contributed by atoms with Crippen LogP contribution in [0.25, 0.3) is 10.8 Å². The number of ether oxygens (including phenoxy) is 2. The van der Waals surface area contributed by atoms with Crippen molar-refractivity contribution in [2.45, 2.75) is 39.5 Å². The maximum absolute atomic E-state index is 11.8. The van der Waals surface area contributed by atoms with E-state index in [0.29, 0.717) is 35.1 Å². The van der Waals surface area contributed by atoms with Gasteiger partial charge in [-0.1, -0.05) is 51.0 Å². The van der Waals surface area contributed by atoms with Gasteiger partial charge in [0.15, 0.2) is 0 Å². The molecule has 5 aromatic carbocycles. The van der Waals surface area contributed by atoms with Gasteiger partial charge in [-0.05, 0) is 97.8 Å². The van der Waals surface area contributed by atoms with Crippen molar-refractivity contribution >= 4 is 56.7 Å². The first-order valence-electron chi connectivity index (χ1n) is 15.8. The van der Waals surface area contributed by atoms with Crippen LogP contribution in [0.5, 0.6) is 5.75 Å². The van der Waals surface area contributed by atoms with Crippen molar-refractivity contribution in [1.29, 1.82) is 0 Å². The van der Waals surface area contributed by atoms with E-state index in [1.165, 1.54) is 0 Å². The molecule has 10 nitrogen and oxygen atoms in total. The molecule has 0 heterocycles. The van der Waals surface area contributed by atoms with Crippen molar-refractivity contribution < 1.29 is 14.3 Å². The average Bonchev–Trinajstić information content (AvgIpc) is 3.11. The number of carbonyl (C=O) groups excluding carboxylic acids is 1. The lowest BCUT2D eigenvalue weighted by atomic mass is 10.1. The van der Waals surface area contributed by atoms with Crippen molar-refractivity contribution in [2.75, 3.05) is 18.5 Å². The highest BCUT2D eigenvalue weighted by molar-refractivity contribution is 5.99. The van der Waals surface area contributed by atoms with Crippen LogP contribution in [0.3, 0.4) is 0 Å². The lowest BCUT2D eigenvalue weighted by Gasteiger charge is -2.05. The van der Waals surface area contributed by atoms with Crippen molar-refractivity contribution in [2.24, 2.45) is 30.7 Å². The number of benzene rings is 5. The predicted octanol–water partition coefficient (Wildman–Crippen LogP) is 12.6. The molecule has 0 spiro atoms. The summed E-state index contributed by atoms with van der Waals surface area (Å²) in [6, 6.07) is 33.7. The average molecular weight is 628 g/mol. The number of unbranched alkanes of at least 4 members (excludes halogenated alkanes) is 2. The Bertz CT molecular complexity index is 1840. The molecule has 5 rings (SSSR count). The summed E-state index contributed by atoms with van der Waals surface area (Å²) in [7, 11) is 0. The lowest BCUT2D eigenvalue weighted by molar-refractivity contribution is 0.0978. The van der Waals surface area contributed by atoms with Crippen LogP contribution >= 0.6 is 0 Å². The minimum Gasteiger partial charge on any atom is -0.434 e. The summed E-state index contributed by atoms with van der Waals surface area (Å²) in [5.41, 5.74) is 5.30. The standard InChI is InChI=1S/C37H37N7O3/c1-3-5-25-38-27-11-13-28(14-12-27)39-40-29-15-17-30(18-16-29)41-43-35-23-24-36(34-10-8-7-9-33(34)35)44-42-31-19-21-32(22-20-31)47-37(45)46-26-6-4-2/h7-24,38H,3-6,25-26H2,1-2H3/b40-39?,43-41+,44-42?. The lowest BCUT2D eigenvalue weighted by Crippen LogP contribution is -2.11. The van der Waals surface area contributed by atoms with Gasteiger partial charge in [-0.2, -0.15) is 20.5 Å². The highest BCUT2D eigenvalue weighted by atomic mass is 16.7. The quantitative estimate of drug-likeness (QED) is 0.0569. The van der Waals surface area contributed by atoms with Crippen LogP contribution in [-0.4, -0.2) is 19.3 Å². The molecule has 47 heavy (non-hydrogen) atoms. The van der Waals surface area contributed by atoms with Gasteiger partial charge in [-0.15, -0.1) is 10.2 Å². The number of hydrogen-bond acceptors (Lipinski definition) is 10. The number of fused-ring (bicyclic) bond motifs is 1. The molecule has 5 aromatic rings. The van der Waals surface area contributed by atoms with Gasteiger partial charge in [0.25, 0.3) is 0 Å². The molecule has 0 aliphatic heterocycles. The molecule has 0 radical (unpaired) electrons. The number of hydrogen-bond donors (Lipinski definition) is 1. The first-order valence-corrected chi connectivity index (χ1v) is 15.8. The van der Waals surface area contributed by atoms with Crippen LogP contribution in [0.1, 0.15) is 39.5 Å². The molecule has 10 heteroatoms. The normalized spacial score (nSPS) is 11.5. The largest absolute Gasteiger partial charge is 0.513 e. The highest BCUT2D eigenvalue weighted by Gasteiger charge is 2.07. The summed E-state index contributed by atoms with van der Waals surface area (Å²) in [5.74, 6) is 0.376. The molecule has 0 unspecified atom stereocenters. The Morgan fingerprint density at radius 3 is 1.55 bits per heavy atom. The number of nitrogens with one attached hydrogen (secondary N) is 1. The fourth-order valence-corrected chi connectivity index (χ4v) is 4.43. The molecule has 0 aliphatic rings. The Labute approximate surface area is 274 Å². The summed E-state index contributed by atoms with van der Waals surface area (Å²) in [6.45, 7) is 5.50. The number of carbonyl (C=O) groups is 1. The van der Waals surface area contributed by atoms with Crippen LogP contribution in [-0.2, 0) is 4.74 Å². The molecule has 0 saturated heterocycles. The van der Waals surface area contributed by atoms with Gasteiger partial charge >= 0.3 is 6.16 Å². The van der Waals surface area contributed by atoms with Crippen molar-refractivity contribution in [3.05, 3.63) is 109 Å². The Hall–Kier alpha value is -5.77. The molecule has 0 fully saturated rings. The van der Waals surface area contributed by atoms with E-state index in [2.05, 4.69) is 42.9 Å². The maximum Gasteiger partial charge on any atom is 0.513 e. The van der Waals surface area contributed by atoms with Gasteiger partial charge in [0.2, 0.25) is 0 Å². The molecule has 0 aromatic heterocycles. The zero-order valence-electron chi connectivity index (χ0n) is 26.5. The predicted molar refractivity (Wildman–Crippen MR) is 186 cm³/mol. The van der Waals surface area contributed by atoms with Gasteiger partial charge in [0.05, 0.1) is 40.7 Å². The molecule has 0 saturated carbocycles. The molecular weight excluding hydrogens is 590 g/mol. The van der Waals surface area contributed by atoms with E-state index in [4.69, 9.17) is 9.47 Å². The highest BCUT2D eigenvalue weighted by Crippen LogP contribution is 2.35. The summed E-state index contributed by atoms with van der Waals surface area (Å²) >= 11 is 0. The van der Waals surface area contributed by atoms with Gasteiger partial charge in [0, 0.05) is 23.0 Å². The third kappa shape index (κ3) is 9.86. The Morgan fingerprint density at radius 1 is 0.574 bits per heavy atom. The Balaban J connectivity index is 1.21. The number of azo groups is 3. The van der Waals surface area contributed by atoms with E-state index in [-0.39, 0.29) is 0 Å². The minimum absolute atomic E-state index is 0.338. The second kappa shape index (κ2) is 17.1. The molecule has 0 atom stereocenters. The fourth-order valence-electron chi connectivity index (χ4n) is 4.43. The third-order valence-corrected chi connectivity index (χ3v) is 7.04. The van der Waals surface area contributed by atoms with E-state index in [1.54, 1.807) is 24.3 Å². The van der Waals surface area contributed by atoms with Crippen molar-refractivity contribution in [1.82, 2.24) is 0 Å². The summed E-state index contributed by atoms with van der Waals surface area (Å²) in [5, 5.41) is 31.7. The van der Waals surface area contributed by atoms with Crippen LogP contribution in [0.15, 0.2) is 140 Å². The molecule has 0 aliphatic carbocycles. The molecule has 238 valence electrons. The minimum atomic E-state index is -0.719. The number of rotatable bonds is 14. The number of nitrogens with zero attached hydrogens (tertiary/aromatic N) is 6. The monoisotopic (exact) mass is 627 g/mol. The summed E-state index contributed by atoms with van der Waals surface area (Å²) in [6.07, 6.45) is 3.32.